The molecule has 8 heteroatoms. The van der Waals surface area contributed by atoms with Gasteiger partial charge in [0.2, 0.25) is 17.7 Å². The summed E-state index contributed by atoms with van der Waals surface area (Å²) < 4.78 is 6.91. The van der Waals surface area contributed by atoms with Crippen LogP contribution in [-0.4, -0.2) is 93.6 Å². The summed E-state index contributed by atoms with van der Waals surface area (Å²) in [4.78, 5) is 48.1. The average Bonchev–Trinajstić information content (AvgIpc) is 3.50. The molecule has 3 saturated heterocycles. The minimum absolute atomic E-state index is 0.0147. The second-order valence-electron chi connectivity index (χ2n) is 11.3. The van der Waals surface area contributed by atoms with E-state index in [1.54, 1.807) is 22.0 Å². The molecule has 38 heavy (non-hydrogen) atoms. The monoisotopic (exact) mass is 531 g/mol. The molecule has 0 saturated carbocycles. The molecule has 1 N–H and O–H groups in total. The lowest BCUT2D eigenvalue weighted by Gasteiger charge is -2.39. The number of hydrogen-bond acceptors (Lipinski definition) is 5. The van der Waals surface area contributed by atoms with Crippen LogP contribution in [-0.2, 0) is 19.1 Å². The number of hydrogen-bond donors (Lipinski definition) is 1. The van der Waals surface area contributed by atoms with E-state index in [0.717, 1.165) is 19.3 Å². The van der Waals surface area contributed by atoms with Gasteiger partial charge >= 0.3 is 0 Å². The molecular formula is C30H49N3O5. The first-order valence-corrected chi connectivity index (χ1v) is 14.7. The predicted molar refractivity (Wildman–Crippen MR) is 148 cm³/mol. The van der Waals surface area contributed by atoms with E-state index < -0.39 is 29.1 Å². The first kappa shape index (κ1) is 30.4. The first-order chi connectivity index (χ1) is 18.2. The van der Waals surface area contributed by atoms with Crippen LogP contribution in [0.5, 0.6) is 0 Å². The van der Waals surface area contributed by atoms with Gasteiger partial charge in [-0.2, -0.15) is 0 Å². The Bertz CT molecular complexity index is 893. The van der Waals surface area contributed by atoms with E-state index in [1.165, 1.54) is 0 Å². The van der Waals surface area contributed by atoms with Crippen molar-refractivity contribution in [2.45, 2.75) is 102 Å². The van der Waals surface area contributed by atoms with E-state index in [9.17, 15) is 19.5 Å². The standard InChI is InChI=1S/C30H49N3O5/c1-7-14-22(6)32(19-10-4)28(37)25-30-16-15-29(11-5,38-30)23(26(35)31(17-8-2)18-9-3)24(30)27(36)33(25)20-12-13-21-34/h8,10,22-25,34H,2,4,7,9,11-21H2,1,3,5-6H3/t22?,23-,24+,25?,29+,30?/m1/s1. The quantitative estimate of drug-likeness (QED) is 0.243. The number of likely N-dealkylation sites (tertiary alicyclic amines) is 1. The van der Waals surface area contributed by atoms with Gasteiger partial charge in [-0.15, -0.1) is 13.2 Å². The Kier molecular flexibility index (Phi) is 10.2. The van der Waals surface area contributed by atoms with Crippen molar-refractivity contribution in [3.05, 3.63) is 25.3 Å². The molecule has 0 aromatic rings. The van der Waals surface area contributed by atoms with Gasteiger partial charge in [-0.25, -0.2) is 0 Å². The van der Waals surface area contributed by atoms with Crippen molar-refractivity contribution in [2.24, 2.45) is 11.8 Å². The summed E-state index contributed by atoms with van der Waals surface area (Å²) in [5.74, 6) is -1.67. The Labute approximate surface area is 229 Å². The summed E-state index contributed by atoms with van der Waals surface area (Å²) in [7, 11) is 0. The number of nitrogens with zero attached hydrogens (tertiary/aromatic N) is 3. The minimum atomic E-state index is -1.03. The van der Waals surface area contributed by atoms with Crippen LogP contribution in [0.3, 0.4) is 0 Å². The fourth-order valence-corrected chi connectivity index (χ4v) is 7.28. The number of aliphatic hydroxyl groups excluding tert-OH is 1. The Morgan fingerprint density at radius 3 is 2.42 bits per heavy atom. The summed E-state index contributed by atoms with van der Waals surface area (Å²) >= 11 is 0. The van der Waals surface area contributed by atoms with E-state index in [-0.39, 0.29) is 30.4 Å². The molecule has 0 aromatic carbocycles. The highest BCUT2D eigenvalue weighted by atomic mass is 16.5. The zero-order valence-corrected chi connectivity index (χ0v) is 24.0. The third-order valence-electron chi connectivity index (χ3n) is 8.99. The molecule has 1 spiro atoms. The lowest BCUT2D eigenvalue weighted by molar-refractivity contribution is -0.156. The molecule has 2 bridgehead atoms. The minimum Gasteiger partial charge on any atom is -0.396 e. The van der Waals surface area contributed by atoms with Crippen LogP contribution >= 0.6 is 0 Å². The van der Waals surface area contributed by atoms with Crippen molar-refractivity contribution in [3.63, 3.8) is 0 Å². The molecule has 3 heterocycles. The molecule has 214 valence electrons. The number of amides is 3. The van der Waals surface area contributed by atoms with Gasteiger partial charge in [0.1, 0.15) is 11.6 Å². The van der Waals surface area contributed by atoms with Gasteiger partial charge in [0.25, 0.3) is 0 Å². The van der Waals surface area contributed by atoms with Crippen molar-refractivity contribution < 1.29 is 24.2 Å². The normalized spacial score (nSPS) is 30.3. The maximum Gasteiger partial charge on any atom is 0.248 e. The molecule has 3 amide bonds. The summed E-state index contributed by atoms with van der Waals surface area (Å²) in [5.41, 5.74) is -1.78. The van der Waals surface area contributed by atoms with Crippen LogP contribution in [0, 0.1) is 11.8 Å². The van der Waals surface area contributed by atoms with Crippen molar-refractivity contribution in [2.75, 3.05) is 32.8 Å². The SMILES string of the molecule is C=CCN(CCC)C(=O)[C@H]1[C@H]2C(=O)N(CCCCO)C(C(=O)N(CC=C)C(C)CCC)C23CC[C@]1(CC)O3. The number of carbonyl (C=O) groups excluding carboxylic acids is 3. The number of ether oxygens (including phenoxy) is 1. The van der Waals surface area contributed by atoms with Gasteiger partial charge in [-0.3, -0.25) is 14.4 Å². The lowest BCUT2D eigenvalue weighted by Crippen LogP contribution is -2.58. The molecule has 0 aliphatic carbocycles. The Morgan fingerprint density at radius 2 is 1.84 bits per heavy atom. The Balaban J connectivity index is 2.10. The van der Waals surface area contributed by atoms with Crippen LogP contribution in [0.2, 0.25) is 0 Å². The topological polar surface area (TPSA) is 90.4 Å². The number of fused-ring (bicyclic) bond motifs is 1. The van der Waals surface area contributed by atoms with E-state index in [2.05, 4.69) is 20.1 Å². The second kappa shape index (κ2) is 12.8. The van der Waals surface area contributed by atoms with Crippen LogP contribution in [0.1, 0.15) is 79.1 Å². The summed E-state index contributed by atoms with van der Waals surface area (Å²) in [6, 6.07) is -0.803. The first-order valence-electron chi connectivity index (χ1n) is 14.7. The van der Waals surface area contributed by atoms with Crippen LogP contribution in [0.15, 0.2) is 25.3 Å². The fourth-order valence-electron chi connectivity index (χ4n) is 7.28. The van der Waals surface area contributed by atoms with Crippen LogP contribution < -0.4 is 0 Å². The Hall–Kier alpha value is -2.19. The van der Waals surface area contributed by atoms with Gasteiger partial charge in [0, 0.05) is 38.8 Å². The van der Waals surface area contributed by atoms with Crippen LogP contribution in [0.4, 0.5) is 0 Å². The second-order valence-corrected chi connectivity index (χ2v) is 11.3. The molecule has 0 aromatic heterocycles. The Morgan fingerprint density at radius 1 is 1.13 bits per heavy atom. The molecule has 3 fully saturated rings. The zero-order valence-electron chi connectivity index (χ0n) is 24.0. The predicted octanol–water partition coefficient (Wildman–Crippen LogP) is 3.54. The third-order valence-corrected chi connectivity index (χ3v) is 8.99. The number of unbranched alkanes of at least 4 members (excludes halogenated alkanes) is 1. The molecule has 3 aliphatic heterocycles. The third kappa shape index (κ3) is 5.06. The van der Waals surface area contributed by atoms with Crippen molar-refractivity contribution >= 4 is 17.7 Å². The fraction of sp³-hybridized carbons (Fsp3) is 0.767. The summed E-state index contributed by atoms with van der Waals surface area (Å²) in [6.07, 6.45) is 8.99. The number of rotatable bonds is 16. The van der Waals surface area contributed by atoms with E-state index >= 15 is 0 Å². The van der Waals surface area contributed by atoms with Crippen molar-refractivity contribution in [1.82, 2.24) is 14.7 Å². The highest BCUT2D eigenvalue weighted by molar-refractivity contribution is 5.99. The summed E-state index contributed by atoms with van der Waals surface area (Å²) in [5, 5.41) is 9.41. The number of carbonyl (C=O) groups is 3. The van der Waals surface area contributed by atoms with Gasteiger partial charge in [0.15, 0.2) is 0 Å². The maximum absolute atomic E-state index is 14.4. The highest BCUT2D eigenvalue weighted by Crippen LogP contribution is 2.64. The van der Waals surface area contributed by atoms with Crippen molar-refractivity contribution in [1.29, 1.82) is 0 Å². The van der Waals surface area contributed by atoms with Gasteiger partial charge in [-0.05, 0) is 51.9 Å². The lowest BCUT2D eigenvalue weighted by atomic mass is 9.64. The molecular weight excluding hydrogens is 482 g/mol. The molecule has 3 aliphatic rings. The van der Waals surface area contributed by atoms with Crippen molar-refractivity contribution in [3.8, 4) is 0 Å². The highest BCUT2D eigenvalue weighted by Gasteiger charge is 2.79. The van der Waals surface area contributed by atoms with Crippen LogP contribution in [0.25, 0.3) is 0 Å². The molecule has 8 nitrogen and oxygen atoms in total. The largest absolute Gasteiger partial charge is 0.396 e. The van der Waals surface area contributed by atoms with E-state index in [0.29, 0.717) is 58.3 Å². The van der Waals surface area contributed by atoms with Gasteiger partial charge in [-0.1, -0.05) is 39.3 Å². The molecule has 6 atom stereocenters. The molecule has 3 unspecified atom stereocenters. The average molecular weight is 532 g/mol. The van der Waals surface area contributed by atoms with Gasteiger partial charge < -0.3 is 24.5 Å². The molecule has 3 rings (SSSR count). The zero-order chi connectivity index (χ0) is 28.1. The maximum atomic E-state index is 14.4. The summed E-state index contributed by atoms with van der Waals surface area (Å²) in [6.45, 7) is 17.7. The van der Waals surface area contributed by atoms with E-state index in [1.807, 2.05) is 25.7 Å². The number of aliphatic hydroxyl groups is 1. The smallest absolute Gasteiger partial charge is 0.248 e. The van der Waals surface area contributed by atoms with Gasteiger partial charge in [0.05, 0.1) is 17.4 Å². The van der Waals surface area contributed by atoms with E-state index in [4.69, 9.17) is 4.74 Å². The molecule has 0 radical (unpaired) electrons.